The van der Waals surface area contributed by atoms with Crippen LogP contribution in [0.2, 0.25) is 0 Å². The van der Waals surface area contributed by atoms with Crippen LogP contribution in [-0.2, 0) is 0 Å². The molecule has 8 heteroatoms. The predicted octanol–water partition coefficient (Wildman–Crippen LogP) is 1.79. The van der Waals surface area contributed by atoms with Crippen LogP contribution in [0.5, 0.6) is 0 Å². The van der Waals surface area contributed by atoms with Gasteiger partial charge in [-0.05, 0) is 37.8 Å². The molecule has 3 fully saturated rings. The van der Waals surface area contributed by atoms with Crippen LogP contribution in [0.25, 0.3) is 0 Å². The summed E-state index contributed by atoms with van der Waals surface area (Å²) in [7, 11) is 0. The fourth-order valence-corrected chi connectivity index (χ4v) is 4.33. The first kappa shape index (κ1) is 17.5. The van der Waals surface area contributed by atoms with Gasteiger partial charge in [0.15, 0.2) is 0 Å². The minimum Gasteiger partial charge on any atom is -0.353 e. The molecule has 3 saturated heterocycles. The Morgan fingerprint density at radius 1 is 0.500 bits per heavy atom. The first-order chi connectivity index (χ1) is 13.9. The summed E-state index contributed by atoms with van der Waals surface area (Å²) in [5, 5.41) is 0. The molecule has 28 heavy (non-hydrogen) atoms. The Morgan fingerprint density at radius 3 is 1.29 bits per heavy atom. The van der Waals surface area contributed by atoms with E-state index in [1.54, 1.807) is 0 Å². The first-order valence-corrected chi connectivity index (χ1v) is 10.5. The van der Waals surface area contributed by atoms with E-state index in [2.05, 4.69) is 29.6 Å². The molecule has 3 aliphatic rings. The molecule has 0 N–H and O–H groups in total. The highest BCUT2D eigenvalue weighted by atomic mass is 15.3. The van der Waals surface area contributed by atoms with Gasteiger partial charge in [0.05, 0.1) is 0 Å². The maximum absolute atomic E-state index is 4.83. The molecule has 0 amide bonds. The largest absolute Gasteiger partial charge is 0.353 e. The van der Waals surface area contributed by atoms with Gasteiger partial charge in [-0.3, -0.25) is 0 Å². The fourth-order valence-electron chi connectivity index (χ4n) is 4.33. The van der Waals surface area contributed by atoms with E-state index in [4.69, 9.17) is 9.97 Å². The number of nitrogens with zero attached hydrogens (tertiary/aromatic N) is 8. The average Bonchev–Trinajstić information content (AvgIpc) is 3.48. The number of piperazine rings is 1. The topological polar surface area (TPSA) is 64.5 Å². The lowest BCUT2D eigenvalue weighted by Gasteiger charge is -2.36. The van der Waals surface area contributed by atoms with Crippen LogP contribution in [0.4, 0.5) is 23.5 Å². The van der Waals surface area contributed by atoms with Crippen molar-refractivity contribution < 1.29 is 0 Å². The Hall–Kier alpha value is -2.64. The van der Waals surface area contributed by atoms with Gasteiger partial charge in [0.25, 0.3) is 0 Å². The second-order valence-electron chi connectivity index (χ2n) is 7.79. The molecule has 2 aromatic heterocycles. The lowest BCUT2D eigenvalue weighted by atomic mass is 10.3. The molecule has 8 nitrogen and oxygen atoms in total. The Morgan fingerprint density at radius 2 is 0.893 bits per heavy atom. The standard InChI is InChI=1S/C20H28N8/c1-2-10-27(9-1)19-21-7-5-17(23-19)25-13-15-26(16-14-25)18-6-8-22-20(24-18)28-11-3-4-12-28/h5-8H,1-4,9-16H2. The maximum Gasteiger partial charge on any atom is 0.227 e. The Balaban J connectivity index is 1.24. The van der Waals surface area contributed by atoms with E-state index in [0.29, 0.717) is 0 Å². The number of hydrogen-bond donors (Lipinski definition) is 0. The lowest BCUT2D eigenvalue weighted by molar-refractivity contribution is 0.639. The molecule has 0 aliphatic carbocycles. The van der Waals surface area contributed by atoms with Crippen LogP contribution >= 0.6 is 0 Å². The third kappa shape index (κ3) is 3.55. The maximum atomic E-state index is 4.83. The van der Waals surface area contributed by atoms with E-state index in [1.165, 1.54) is 25.7 Å². The van der Waals surface area contributed by atoms with E-state index >= 15 is 0 Å². The quantitative estimate of drug-likeness (QED) is 0.796. The molecule has 0 unspecified atom stereocenters. The molecule has 0 saturated carbocycles. The van der Waals surface area contributed by atoms with E-state index in [0.717, 1.165) is 75.9 Å². The molecule has 0 spiro atoms. The normalized spacial score (nSPS) is 20.3. The fraction of sp³-hybridized carbons (Fsp3) is 0.600. The van der Waals surface area contributed by atoms with Gasteiger partial charge < -0.3 is 19.6 Å². The van der Waals surface area contributed by atoms with Gasteiger partial charge in [-0.2, -0.15) is 9.97 Å². The van der Waals surface area contributed by atoms with Crippen LogP contribution in [-0.4, -0.2) is 72.3 Å². The second kappa shape index (κ2) is 7.77. The Kier molecular flexibility index (Phi) is 4.85. The van der Waals surface area contributed by atoms with Gasteiger partial charge in [-0.25, -0.2) is 9.97 Å². The summed E-state index contributed by atoms with van der Waals surface area (Å²) in [6.45, 7) is 8.07. The molecule has 2 aromatic rings. The molecular formula is C20H28N8. The lowest BCUT2D eigenvalue weighted by Crippen LogP contribution is -2.47. The van der Waals surface area contributed by atoms with Crippen molar-refractivity contribution in [1.82, 2.24) is 19.9 Å². The number of hydrogen-bond acceptors (Lipinski definition) is 8. The molecular weight excluding hydrogens is 352 g/mol. The van der Waals surface area contributed by atoms with Crippen LogP contribution < -0.4 is 19.6 Å². The van der Waals surface area contributed by atoms with Crippen LogP contribution in [0.1, 0.15) is 25.7 Å². The first-order valence-electron chi connectivity index (χ1n) is 10.5. The van der Waals surface area contributed by atoms with Crippen molar-refractivity contribution in [2.75, 3.05) is 72.0 Å². The smallest absolute Gasteiger partial charge is 0.227 e. The second-order valence-corrected chi connectivity index (χ2v) is 7.79. The van der Waals surface area contributed by atoms with E-state index < -0.39 is 0 Å². The molecule has 5 rings (SSSR count). The van der Waals surface area contributed by atoms with Crippen LogP contribution in [0.3, 0.4) is 0 Å². The summed E-state index contributed by atoms with van der Waals surface area (Å²) in [5.41, 5.74) is 0. The zero-order chi connectivity index (χ0) is 18.8. The average molecular weight is 381 g/mol. The molecule has 0 atom stereocenters. The van der Waals surface area contributed by atoms with Crippen molar-refractivity contribution >= 4 is 23.5 Å². The van der Waals surface area contributed by atoms with Crippen molar-refractivity contribution in [2.45, 2.75) is 25.7 Å². The highest BCUT2D eigenvalue weighted by Crippen LogP contribution is 2.23. The van der Waals surface area contributed by atoms with Gasteiger partial charge in [0.2, 0.25) is 11.9 Å². The zero-order valence-corrected chi connectivity index (χ0v) is 16.4. The van der Waals surface area contributed by atoms with Crippen molar-refractivity contribution in [1.29, 1.82) is 0 Å². The SMILES string of the molecule is c1cc(N2CCN(c3ccnc(N4CCCC4)n3)CC2)nc(N2CCCC2)n1. The van der Waals surface area contributed by atoms with Crippen LogP contribution in [0.15, 0.2) is 24.5 Å². The van der Waals surface area contributed by atoms with E-state index in [-0.39, 0.29) is 0 Å². The highest BCUT2D eigenvalue weighted by Gasteiger charge is 2.22. The Labute approximate surface area is 166 Å². The monoisotopic (exact) mass is 380 g/mol. The summed E-state index contributed by atoms with van der Waals surface area (Å²) < 4.78 is 0. The molecule has 5 heterocycles. The third-order valence-electron chi connectivity index (χ3n) is 5.96. The molecule has 0 radical (unpaired) electrons. The molecule has 0 aromatic carbocycles. The zero-order valence-electron chi connectivity index (χ0n) is 16.4. The summed E-state index contributed by atoms with van der Waals surface area (Å²) in [6.07, 6.45) is 8.76. The summed E-state index contributed by atoms with van der Waals surface area (Å²) in [6, 6.07) is 4.07. The van der Waals surface area contributed by atoms with Crippen molar-refractivity contribution in [3.63, 3.8) is 0 Å². The van der Waals surface area contributed by atoms with Crippen LogP contribution in [0, 0.1) is 0 Å². The van der Waals surface area contributed by atoms with E-state index in [1.807, 2.05) is 24.5 Å². The summed E-state index contributed by atoms with van der Waals surface area (Å²) in [5.74, 6) is 3.83. The minimum absolute atomic E-state index is 0.878. The number of rotatable bonds is 4. The van der Waals surface area contributed by atoms with Gasteiger partial charge in [0, 0.05) is 64.8 Å². The molecule has 148 valence electrons. The molecule has 0 bridgehead atoms. The van der Waals surface area contributed by atoms with Gasteiger partial charge >= 0.3 is 0 Å². The van der Waals surface area contributed by atoms with Gasteiger partial charge in [-0.1, -0.05) is 0 Å². The van der Waals surface area contributed by atoms with Gasteiger partial charge in [-0.15, -0.1) is 0 Å². The third-order valence-corrected chi connectivity index (χ3v) is 5.96. The predicted molar refractivity (Wildman–Crippen MR) is 111 cm³/mol. The number of aromatic nitrogens is 4. The Bertz CT molecular complexity index is 725. The summed E-state index contributed by atoms with van der Waals surface area (Å²) in [4.78, 5) is 27.9. The van der Waals surface area contributed by atoms with Crippen molar-refractivity contribution in [2.24, 2.45) is 0 Å². The van der Waals surface area contributed by atoms with Crippen molar-refractivity contribution in [3.05, 3.63) is 24.5 Å². The number of anilines is 4. The van der Waals surface area contributed by atoms with Gasteiger partial charge in [0.1, 0.15) is 11.6 Å². The molecule has 3 aliphatic heterocycles. The minimum atomic E-state index is 0.878. The summed E-state index contributed by atoms with van der Waals surface area (Å²) >= 11 is 0. The highest BCUT2D eigenvalue weighted by molar-refractivity contribution is 5.49. The van der Waals surface area contributed by atoms with Crippen molar-refractivity contribution in [3.8, 4) is 0 Å². The van der Waals surface area contributed by atoms with E-state index in [9.17, 15) is 0 Å².